The third-order valence-electron chi connectivity index (χ3n) is 13.2. The van der Waals surface area contributed by atoms with Gasteiger partial charge in [-0.3, -0.25) is 0 Å². The van der Waals surface area contributed by atoms with Crippen molar-refractivity contribution in [2.24, 2.45) is 0 Å². The van der Waals surface area contributed by atoms with Crippen molar-refractivity contribution in [2.75, 3.05) is 0 Å². The molecule has 0 fully saturated rings. The van der Waals surface area contributed by atoms with E-state index in [0.717, 1.165) is 12.8 Å². The zero-order valence-electron chi connectivity index (χ0n) is 31.7. The number of rotatable bonds is 6. The summed E-state index contributed by atoms with van der Waals surface area (Å²) >= 11 is 0. The predicted octanol–water partition coefficient (Wildman–Crippen LogP) is 13.0. The predicted molar refractivity (Wildman–Crippen MR) is 210 cm³/mol. The van der Waals surface area contributed by atoms with E-state index in [0.29, 0.717) is 11.1 Å². The van der Waals surface area contributed by atoms with Crippen LogP contribution in [0.3, 0.4) is 0 Å². The summed E-state index contributed by atoms with van der Waals surface area (Å²) in [5.74, 6) is 0. The first kappa shape index (κ1) is 33.5. The van der Waals surface area contributed by atoms with Crippen molar-refractivity contribution in [3.8, 4) is 22.3 Å². The number of hydrogen-bond acceptors (Lipinski definition) is 0. The van der Waals surface area contributed by atoms with Gasteiger partial charge in [-0.2, -0.15) is 0 Å². The van der Waals surface area contributed by atoms with Crippen LogP contribution >= 0.6 is 0 Å². The van der Waals surface area contributed by atoms with Gasteiger partial charge in [0.2, 0.25) is 0 Å². The van der Waals surface area contributed by atoms with Crippen LogP contribution in [0.4, 0.5) is 0 Å². The van der Waals surface area contributed by atoms with Gasteiger partial charge < -0.3 is 0 Å². The molecule has 47 heavy (non-hydrogen) atoms. The lowest BCUT2D eigenvalue weighted by Gasteiger charge is -2.42. The third-order valence-corrected chi connectivity index (χ3v) is 19.6. The molecule has 0 unspecified atom stereocenters. The lowest BCUT2D eigenvalue weighted by atomic mass is 9.84. The highest BCUT2D eigenvalue weighted by atomic mass is 28.3. The van der Waals surface area contributed by atoms with E-state index in [9.17, 15) is 0 Å². The van der Waals surface area contributed by atoms with Crippen molar-refractivity contribution >= 4 is 20.2 Å². The van der Waals surface area contributed by atoms with Crippen molar-refractivity contribution in [1.29, 1.82) is 0 Å². The Labute approximate surface area is 287 Å². The average molecular weight is 637 g/mol. The van der Waals surface area contributed by atoms with Gasteiger partial charge in [-0.15, -0.1) is 0 Å². The first-order valence-corrected chi connectivity index (χ1v) is 20.1. The summed E-state index contributed by atoms with van der Waals surface area (Å²) in [5, 5.41) is 3.46. The van der Waals surface area contributed by atoms with Gasteiger partial charge in [0.15, 0.2) is 0 Å². The molecule has 0 nitrogen and oxygen atoms in total. The molecule has 0 saturated carbocycles. The SMILES string of the molecule is Cc1c(C)c(C)c(-c2cccc3c2C=C([Si](C2=Cc4c(cccc4-c4c(C)c(C)c(C)c(C)c4C)C2)(C(C)C)C(C)C)C3)c(C)c1C. The fourth-order valence-corrected chi connectivity index (χ4v) is 16.3. The Kier molecular flexibility index (Phi) is 8.49. The molecule has 1 heteroatoms. The van der Waals surface area contributed by atoms with E-state index >= 15 is 0 Å². The van der Waals surface area contributed by atoms with E-state index in [1.54, 1.807) is 10.4 Å². The topological polar surface area (TPSA) is 0 Å². The Hall–Kier alpha value is -3.42. The maximum Gasteiger partial charge on any atom is 0.114 e. The first-order valence-electron chi connectivity index (χ1n) is 17.9. The molecule has 0 N–H and O–H groups in total. The summed E-state index contributed by atoms with van der Waals surface area (Å²) in [5.41, 5.74) is 27.3. The van der Waals surface area contributed by atoms with Crippen LogP contribution in [0.15, 0.2) is 46.8 Å². The van der Waals surface area contributed by atoms with Crippen molar-refractivity contribution in [3.63, 3.8) is 0 Å². The molecule has 0 aromatic heterocycles. The maximum atomic E-state index is 2.69. The largest absolute Gasteiger partial charge is 0.114 e. The molecule has 0 heterocycles. The summed E-state index contributed by atoms with van der Waals surface area (Å²) in [6.45, 7) is 33.3. The molecule has 0 saturated heterocycles. The van der Waals surface area contributed by atoms with Crippen LogP contribution in [0.1, 0.15) is 106 Å². The second-order valence-electron chi connectivity index (χ2n) is 15.6. The highest BCUT2D eigenvalue weighted by Gasteiger charge is 2.48. The van der Waals surface area contributed by atoms with Crippen LogP contribution in [0.2, 0.25) is 11.1 Å². The molecule has 0 amide bonds. The molecule has 4 aromatic carbocycles. The molecular formula is C46H56Si. The summed E-state index contributed by atoms with van der Waals surface area (Å²) < 4.78 is 0. The Morgan fingerprint density at radius 2 is 0.723 bits per heavy atom. The minimum atomic E-state index is -2.12. The highest BCUT2D eigenvalue weighted by Crippen LogP contribution is 2.53. The normalized spacial score (nSPS) is 14.2. The number of fused-ring (bicyclic) bond motifs is 2. The number of benzene rings is 4. The van der Waals surface area contributed by atoms with Crippen LogP contribution < -0.4 is 0 Å². The van der Waals surface area contributed by atoms with Gasteiger partial charge >= 0.3 is 0 Å². The lowest BCUT2D eigenvalue weighted by Crippen LogP contribution is -2.46. The number of allylic oxidation sites excluding steroid dienone is 2. The standard InChI is InChI=1S/C46H56Si/c1-25(2)47(26(3)4,39-21-37-17-15-19-41(43(37)23-39)45-33(11)29(7)27(5)30(8)34(45)12)40-22-38-18-16-20-42(44(38)24-40)46-35(13)31(9)28(6)32(10)36(46)14/h15-20,23-26H,21-22H2,1-14H3. The van der Waals surface area contributed by atoms with Gasteiger partial charge in [0.1, 0.15) is 8.07 Å². The van der Waals surface area contributed by atoms with Crippen molar-refractivity contribution < 1.29 is 0 Å². The van der Waals surface area contributed by atoms with Gasteiger partial charge in [0.25, 0.3) is 0 Å². The van der Waals surface area contributed by atoms with E-state index in [-0.39, 0.29) is 0 Å². The molecule has 0 radical (unpaired) electrons. The van der Waals surface area contributed by atoms with Gasteiger partial charge in [-0.25, -0.2) is 0 Å². The van der Waals surface area contributed by atoms with Gasteiger partial charge in [-0.05, 0) is 193 Å². The smallest absolute Gasteiger partial charge is 0.0704 e. The highest BCUT2D eigenvalue weighted by molar-refractivity contribution is 6.96. The Bertz CT molecular complexity index is 1820. The molecule has 0 bridgehead atoms. The average Bonchev–Trinajstić information content (AvgIpc) is 3.67. The summed E-state index contributed by atoms with van der Waals surface area (Å²) in [6, 6.07) is 14.2. The van der Waals surface area contributed by atoms with Crippen LogP contribution in [-0.2, 0) is 12.8 Å². The Balaban J connectivity index is 1.55. The molecule has 6 rings (SSSR count). The minimum absolute atomic E-state index is 0.607. The second-order valence-corrected chi connectivity index (χ2v) is 21.0. The fourth-order valence-electron chi connectivity index (χ4n) is 9.87. The first-order chi connectivity index (χ1) is 22.1. The van der Waals surface area contributed by atoms with E-state index in [1.165, 1.54) is 100 Å². The molecule has 2 aliphatic rings. The quantitative estimate of drug-likeness (QED) is 0.185. The molecule has 0 aliphatic heterocycles. The molecule has 4 aromatic rings. The Morgan fingerprint density at radius 3 is 1.02 bits per heavy atom. The van der Waals surface area contributed by atoms with Crippen LogP contribution in [0.5, 0.6) is 0 Å². The maximum absolute atomic E-state index is 2.69. The van der Waals surface area contributed by atoms with Crippen molar-refractivity contribution in [2.45, 2.75) is 121 Å². The van der Waals surface area contributed by atoms with E-state index < -0.39 is 8.07 Å². The van der Waals surface area contributed by atoms with Crippen molar-refractivity contribution in [1.82, 2.24) is 0 Å². The van der Waals surface area contributed by atoms with Crippen LogP contribution in [-0.4, -0.2) is 8.07 Å². The molecule has 0 spiro atoms. The summed E-state index contributed by atoms with van der Waals surface area (Å²) in [4.78, 5) is 0. The van der Waals surface area contributed by atoms with E-state index in [2.05, 4.69) is 145 Å². The lowest BCUT2D eigenvalue weighted by molar-refractivity contribution is 0.896. The second kappa shape index (κ2) is 11.9. The van der Waals surface area contributed by atoms with Gasteiger partial charge in [0, 0.05) is 0 Å². The number of hydrogen-bond donors (Lipinski definition) is 0. The van der Waals surface area contributed by atoms with Crippen molar-refractivity contribution in [3.05, 3.63) is 125 Å². The fraction of sp³-hybridized carbons (Fsp3) is 0.391. The zero-order valence-corrected chi connectivity index (χ0v) is 32.7. The molecule has 2 aliphatic carbocycles. The molecular weight excluding hydrogens is 581 g/mol. The summed E-state index contributed by atoms with van der Waals surface area (Å²) in [6.07, 6.45) is 7.55. The molecule has 244 valence electrons. The van der Waals surface area contributed by atoms with Crippen LogP contribution in [0, 0.1) is 69.2 Å². The Morgan fingerprint density at radius 1 is 0.426 bits per heavy atom. The van der Waals surface area contributed by atoms with E-state index in [4.69, 9.17) is 0 Å². The van der Waals surface area contributed by atoms with Gasteiger partial charge in [0.05, 0.1) is 0 Å². The van der Waals surface area contributed by atoms with Gasteiger partial charge in [-0.1, -0.05) is 86.6 Å². The third kappa shape index (κ3) is 4.82. The van der Waals surface area contributed by atoms with E-state index in [1.807, 2.05) is 0 Å². The molecule has 0 atom stereocenters. The summed E-state index contributed by atoms with van der Waals surface area (Å²) in [7, 11) is -2.12. The van der Waals surface area contributed by atoms with Crippen LogP contribution in [0.25, 0.3) is 34.4 Å². The minimum Gasteiger partial charge on any atom is -0.0704 e. The monoisotopic (exact) mass is 636 g/mol. The zero-order chi connectivity index (χ0) is 34.3.